The van der Waals surface area contributed by atoms with Crippen molar-refractivity contribution in [1.82, 2.24) is 10.4 Å². The van der Waals surface area contributed by atoms with Gasteiger partial charge in [-0.25, -0.2) is 5.01 Å². The highest BCUT2D eigenvalue weighted by Gasteiger charge is 2.44. The van der Waals surface area contributed by atoms with E-state index in [9.17, 15) is 9.59 Å². The van der Waals surface area contributed by atoms with E-state index in [1.54, 1.807) is 17.4 Å². The summed E-state index contributed by atoms with van der Waals surface area (Å²) < 4.78 is 5.49. The lowest BCUT2D eigenvalue weighted by Crippen LogP contribution is -2.39. The Labute approximate surface area is 206 Å². The molecule has 2 fully saturated rings. The van der Waals surface area contributed by atoms with E-state index in [1.807, 2.05) is 35.0 Å². The lowest BCUT2D eigenvalue weighted by molar-refractivity contribution is -0.131. The van der Waals surface area contributed by atoms with Crippen LogP contribution in [0.15, 0.2) is 70.3 Å². The fourth-order valence-corrected chi connectivity index (χ4v) is 6.25. The average molecular weight is 499 g/mol. The number of rotatable bonds is 6. The number of carbonyl (C=O) groups excluding carboxylic acids is 2. The predicted octanol–water partition coefficient (Wildman–Crippen LogP) is 5.42. The summed E-state index contributed by atoms with van der Waals surface area (Å²) in [5.41, 5.74) is 6.04. The molecule has 2 amide bonds. The van der Waals surface area contributed by atoms with Crippen LogP contribution in [0.25, 0.3) is 0 Å². The molecule has 1 N–H and O–H groups in total. The van der Waals surface area contributed by atoms with Crippen molar-refractivity contribution >= 4 is 46.5 Å². The molecular weight excluding hydrogens is 476 g/mol. The highest BCUT2D eigenvalue weighted by molar-refractivity contribution is 8.01. The molecule has 2 unspecified atom stereocenters. The van der Waals surface area contributed by atoms with Crippen molar-refractivity contribution < 1.29 is 14.3 Å². The van der Waals surface area contributed by atoms with Gasteiger partial charge >= 0.3 is 0 Å². The fourth-order valence-electron chi connectivity index (χ4n) is 4.34. The molecule has 2 aliphatic heterocycles. The van der Waals surface area contributed by atoms with E-state index in [0.717, 1.165) is 37.2 Å². The van der Waals surface area contributed by atoms with E-state index >= 15 is 0 Å². The van der Waals surface area contributed by atoms with E-state index in [0.29, 0.717) is 15.8 Å². The topological polar surface area (TPSA) is 58.6 Å². The van der Waals surface area contributed by atoms with E-state index in [1.165, 1.54) is 22.3 Å². The fraction of sp³-hybridized carbons (Fsp3) is 0.280. The Morgan fingerprint density at radius 3 is 2.48 bits per heavy atom. The number of nitrogens with one attached hydrogen (secondary N) is 1. The summed E-state index contributed by atoms with van der Waals surface area (Å²) in [5, 5.41) is 5.12. The molecule has 0 radical (unpaired) electrons. The molecule has 2 saturated heterocycles. The molecule has 33 heavy (non-hydrogen) atoms. The van der Waals surface area contributed by atoms with Gasteiger partial charge in [0, 0.05) is 18.1 Å². The third-order valence-electron chi connectivity index (χ3n) is 6.07. The van der Waals surface area contributed by atoms with Crippen LogP contribution in [-0.4, -0.2) is 35.3 Å². The average Bonchev–Trinajstić information content (AvgIpc) is 3.46. The number of carbonyl (C=O) groups is 2. The number of nitrogens with zero attached hydrogens (tertiary/aromatic N) is 1. The SMILES string of the molecule is O=C1NN(C(c2ccc(C3CCOCC3)cc2)c2ccsc2)C(=O)C1Sc1ccccc1Cl. The van der Waals surface area contributed by atoms with Gasteiger partial charge in [0.15, 0.2) is 5.25 Å². The summed E-state index contributed by atoms with van der Waals surface area (Å²) in [4.78, 5) is 27.0. The van der Waals surface area contributed by atoms with Gasteiger partial charge in [-0.1, -0.05) is 48.0 Å². The first kappa shape index (κ1) is 22.5. The maximum absolute atomic E-state index is 13.4. The number of benzene rings is 2. The molecule has 0 spiro atoms. The molecule has 2 aliphatic rings. The van der Waals surface area contributed by atoms with Gasteiger partial charge in [-0.2, -0.15) is 11.3 Å². The standard InChI is InChI=1S/C25H23ClN2O3S2/c26-20-3-1-2-4-21(20)33-23-24(29)27-28(25(23)30)22(19-11-14-32-15-19)18-7-5-16(6-8-18)17-9-12-31-13-10-17/h1-8,11,14-15,17,22-23H,9-10,12-13H2,(H,27,29). The number of halogens is 1. The van der Waals surface area contributed by atoms with Crippen LogP contribution in [0.1, 0.15) is 41.5 Å². The number of hydrazine groups is 1. The molecule has 8 heteroatoms. The van der Waals surface area contributed by atoms with Gasteiger partial charge in [0.25, 0.3) is 11.8 Å². The molecule has 0 saturated carbocycles. The molecule has 2 aromatic carbocycles. The second-order valence-electron chi connectivity index (χ2n) is 8.13. The third-order valence-corrected chi connectivity index (χ3v) is 8.48. The summed E-state index contributed by atoms with van der Waals surface area (Å²) in [6.07, 6.45) is 2.05. The largest absolute Gasteiger partial charge is 0.381 e. The number of ether oxygens (including phenoxy) is 1. The first-order valence-corrected chi connectivity index (χ1v) is 13.1. The first-order valence-electron chi connectivity index (χ1n) is 10.9. The van der Waals surface area contributed by atoms with Gasteiger partial charge < -0.3 is 4.74 Å². The van der Waals surface area contributed by atoms with Gasteiger partial charge in [-0.15, -0.1) is 11.8 Å². The van der Waals surface area contributed by atoms with Crippen LogP contribution in [0.3, 0.4) is 0 Å². The number of amides is 2. The molecular formula is C25H23ClN2O3S2. The first-order chi connectivity index (χ1) is 16.1. The molecule has 5 nitrogen and oxygen atoms in total. The Balaban J connectivity index is 1.42. The van der Waals surface area contributed by atoms with Gasteiger partial charge in [0.1, 0.15) is 6.04 Å². The zero-order valence-corrected chi connectivity index (χ0v) is 20.2. The summed E-state index contributed by atoms with van der Waals surface area (Å²) in [7, 11) is 0. The van der Waals surface area contributed by atoms with E-state index < -0.39 is 11.3 Å². The summed E-state index contributed by atoms with van der Waals surface area (Å²) in [5.74, 6) is -0.101. The van der Waals surface area contributed by atoms with E-state index in [2.05, 4.69) is 29.7 Å². The van der Waals surface area contributed by atoms with Gasteiger partial charge in [0.05, 0.1) is 5.02 Å². The zero-order valence-electron chi connectivity index (χ0n) is 17.8. The van der Waals surface area contributed by atoms with Crippen LogP contribution in [0.5, 0.6) is 0 Å². The molecule has 170 valence electrons. The maximum atomic E-state index is 13.4. The minimum atomic E-state index is -0.882. The normalized spacial score (nSPS) is 20.2. The Kier molecular flexibility index (Phi) is 6.74. The molecule has 0 bridgehead atoms. The Hall–Kier alpha value is -2.32. The van der Waals surface area contributed by atoms with Gasteiger partial charge in [-0.3, -0.25) is 15.0 Å². The maximum Gasteiger partial charge on any atom is 0.265 e. The predicted molar refractivity (Wildman–Crippen MR) is 131 cm³/mol. The lowest BCUT2D eigenvalue weighted by atomic mass is 9.90. The molecule has 3 aromatic rings. The molecule has 2 atom stereocenters. The van der Waals surface area contributed by atoms with Crippen molar-refractivity contribution in [2.45, 2.75) is 34.9 Å². The molecule has 1 aromatic heterocycles. The third kappa shape index (κ3) is 4.68. The van der Waals surface area contributed by atoms with Crippen molar-refractivity contribution in [1.29, 1.82) is 0 Å². The summed E-state index contributed by atoms with van der Waals surface area (Å²) in [6.45, 7) is 1.59. The van der Waals surface area contributed by atoms with Crippen LogP contribution >= 0.6 is 34.7 Å². The van der Waals surface area contributed by atoms with Gasteiger partial charge in [-0.05, 0) is 64.4 Å². The lowest BCUT2D eigenvalue weighted by Gasteiger charge is -2.28. The van der Waals surface area contributed by atoms with Crippen molar-refractivity contribution in [3.8, 4) is 0 Å². The minimum Gasteiger partial charge on any atom is -0.381 e. The van der Waals surface area contributed by atoms with E-state index in [-0.39, 0.29) is 11.8 Å². The molecule has 0 aliphatic carbocycles. The van der Waals surface area contributed by atoms with Crippen LogP contribution < -0.4 is 5.43 Å². The second kappa shape index (κ2) is 9.89. The van der Waals surface area contributed by atoms with Crippen molar-refractivity contribution in [3.05, 3.63) is 87.1 Å². The second-order valence-corrected chi connectivity index (χ2v) is 10.5. The van der Waals surface area contributed by atoms with Gasteiger partial charge in [0.2, 0.25) is 0 Å². The number of thiophene rings is 1. The Morgan fingerprint density at radius 1 is 1.03 bits per heavy atom. The highest BCUT2D eigenvalue weighted by atomic mass is 35.5. The van der Waals surface area contributed by atoms with Crippen molar-refractivity contribution in [2.75, 3.05) is 13.2 Å². The molecule has 3 heterocycles. The number of hydrogen-bond donors (Lipinski definition) is 1. The zero-order chi connectivity index (χ0) is 22.8. The highest BCUT2D eigenvalue weighted by Crippen LogP contribution is 2.38. The summed E-state index contributed by atoms with van der Waals surface area (Å²) >= 11 is 9.02. The number of thioether (sulfide) groups is 1. The summed E-state index contributed by atoms with van der Waals surface area (Å²) in [6, 6.07) is 17.3. The van der Waals surface area contributed by atoms with Crippen LogP contribution in [0.2, 0.25) is 5.02 Å². The minimum absolute atomic E-state index is 0.269. The number of hydrogen-bond acceptors (Lipinski definition) is 5. The van der Waals surface area contributed by atoms with Crippen LogP contribution in [0, 0.1) is 0 Å². The Morgan fingerprint density at radius 2 is 1.79 bits per heavy atom. The smallest absolute Gasteiger partial charge is 0.265 e. The van der Waals surface area contributed by atoms with Crippen LogP contribution in [0.4, 0.5) is 0 Å². The van der Waals surface area contributed by atoms with Crippen molar-refractivity contribution in [3.63, 3.8) is 0 Å². The monoisotopic (exact) mass is 498 g/mol. The Bertz CT molecular complexity index is 1130. The van der Waals surface area contributed by atoms with Crippen LogP contribution in [-0.2, 0) is 14.3 Å². The quantitative estimate of drug-likeness (QED) is 0.461. The molecule has 5 rings (SSSR count). The van der Waals surface area contributed by atoms with E-state index in [4.69, 9.17) is 16.3 Å². The van der Waals surface area contributed by atoms with Crippen molar-refractivity contribution in [2.24, 2.45) is 0 Å².